The second-order valence-corrected chi connectivity index (χ2v) is 22.3. The van der Waals surface area contributed by atoms with Crippen molar-refractivity contribution in [2.75, 3.05) is 13.2 Å². The van der Waals surface area contributed by atoms with Crippen LogP contribution in [-0.4, -0.2) is 37.2 Å². The van der Waals surface area contributed by atoms with Crippen LogP contribution in [0.5, 0.6) is 0 Å². The number of hydrogen-bond donors (Lipinski definition) is 0. The molecule has 6 heteroatoms. The fourth-order valence-corrected chi connectivity index (χ4v) is 9.17. The molecule has 0 amide bonds. The highest BCUT2D eigenvalue weighted by Gasteiger charge is 2.19. The molecule has 0 radical (unpaired) electrons. The van der Waals surface area contributed by atoms with E-state index in [0.717, 1.165) is 154 Å². The molecule has 0 N–H and O–H groups in total. The van der Waals surface area contributed by atoms with Gasteiger partial charge < -0.3 is 14.2 Å². The van der Waals surface area contributed by atoms with Crippen molar-refractivity contribution < 1.29 is 28.6 Å². The third-order valence-corrected chi connectivity index (χ3v) is 14.3. The average molecular weight is 1150 g/mol. The minimum absolute atomic E-state index is 0.0950. The predicted octanol–water partition coefficient (Wildman–Crippen LogP) is 23.9. The van der Waals surface area contributed by atoms with Gasteiger partial charge in [-0.3, -0.25) is 14.4 Å². The molecule has 0 aromatic rings. The van der Waals surface area contributed by atoms with Crippen LogP contribution in [0.25, 0.3) is 0 Å². The third-order valence-electron chi connectivity index (χ3n) is 14.3. The van der Waals surface area contributed by atoms with Crippen LogP contribution in [0, 0.1) is 0 Å². The number of rotatable bonds is 61. The minimum Gasteiger partial charge on any atom is -0.462 e. The Kier molecular flexibility index (Phi) is 65.8. The number of unbranched alkanes of at least 4 members (excludes halogenated alkanes) is 26. The Morgan fingerprint density at radius 3 is 0.771 bits per heavy atom. The summed E-state index contributed by atoms with van der Waals surface area (Å²) in [7, 11) is 0. The lowest BCUT2D eigenvalue weighted by atomic mass is 10.1. The summed E-state index contributed by atoms with van der Waals surface area (Å²) in [5, 5.41) is 0. The topological polar surface area (TPSA) is 78.9 Å². The Morgan fingerprint density at radius 1 is 0.253 bits per heavy atom. The zero-order valence-electron chi connectivity index (χ0n) is 53.9. The van der Waals surface area contributed by atoms with E-state index in [9.17, 15) is 14.4 Å². The summed E-state index contributed by atoms with van der Waals surface area (Å²) in [6, 6.07) is 0. The standard InChI is InChI=1S/C77H126O6/c1-4-7-10-13-16-19-22-25-28-30-31-32-33-34-35-36-37-38-39-40-41-42-43-44-45-47-49-52-55-58-61-64-67-70-76(79)82-73-74(72-81-75(78)69-66-63-60-57-54-51-48-27-24-21-18-15-12-9-6-3)83-77(80)71-68-65-62-59-56-53-50-46-29-26-23-20-17-14-11-8-5-2/h7,10,16-17,19-20,25-29,31-32,34-35,37-38,40-41,43-44,47-49,74H,4-6,8-9,11-15,18,21-24,30,33,36,39,42,45-46,50-73H2,1-3H3/b10-7-,19-16-,20-17-,28-25-,29-26-,32-31-,35-34-,38-37-,41-40-,44-43-,48-27-,49-47-. The molecule has 6 nitrogen and oxygen atoms in total. The van der Waals surface area contributed by atoms with Gasteiger partial charge in [0.2, 0.25) is 0 Å². The van der Waals surface area contributed by atoms with Gasteiger partial charge in [0.05, 0.1) is 0 Å². The van der Waals surface area contributed by atoms with Crippen LogP contribution in [-0.2, 0) is 28.6 Å². The molecule has 1 unspecified atom stereocenters. The number of ether oxygens (including phenoxy) is 3. The second-order valence-electron chi connectivity index (χ2n) is 22.3. The Labute approximate surface area is 512 Å². The maximum atomic E-state index is 12.9. The van der Waals surface area contributed by atoms with Crippen LogP contribution in [0.15, 0.2) is 146 Å². The van der Waals surface area contributed by atoms with Crippen molar-refractivity contribution in [1.29, 1.82) is 0 Å². The molecule has 0 rings (SSSR count). The number of carbonyl (C=O) groups excluding carboxylic acids is 3. The lowest BCUT2D eigenvalue weighted by Gasteiger charge is -2.18. The molecule has 83 heavy (non-hydrogen) atoms. The molecule has 0 aliphatic carbocycles. The number of hydrogen-bond acceptors (Lipinski definition) is 6. The Hall–Kier alpha value is -4.71. The first-order valence-corrected chi connectivity index (χ1v) is 34.3. The van der Waals surface area contributed by atoms with Crippen molar-refractivity contribution in [2.45, 2.75) is 309 Å². The predicted molar refractivity (Wildman–Crippen MR) is 362 cm³/mol. The SMILES string of the molecule is CC/C=C\C/C=C\C/C=C\C/C=C\C/C=C\C/C=C\C/C=C\C/C=C\C/C=C\CCCCCCCC(=O)OCC(COC(=O)CCCCCCC/C=C\CCCCCCCC)OC(=O)CCCCCCCCC/C=C\C/C=C\CCCCC. The summed E-state index contributed by atoms with van der Waals surface area (Å²) in [5.41, 5.74) is 0. The smallest absolute Gasteiger partial charge is 0.306 e. The van der Waals surface area contributed by atoms with E-state index in [-0.39, 0.29) is 31.1 Å². The van der Waals surface area contributed by atoms with Gasteiger partial charge >= 0.3 is 17.9 Å². The zero-order valence-corrected chi connectivity index (χ0v) is 53.9. The van der Waals surface area contributed by atoms with Crippen molar-refractivity contribution in [3.05, 3.63) is 146 Å². The molecular weight excluding hydrogens is 1020 g/mol. The Morgan fingerprint density at radius 2 is 0.470 bits per heavy atom. The van der Waals surface area contributed by atoms with Crippen LogP contribution in [0.3, 0.4) is 0 Å². The molecule has 1 atom stereocenters. The molecule has 0 aromatic heterocycles. The molecule has 0 saturated carbocycles. The number of esters is 3. The maximum absolute atomic E-state index is 12.9. The highest BCUT2D eigenvalue weighted by atomic mass is 16.6. The fourth-order valence-electron chi connectivity index (χ4n) is 9.17. The molecular formula is C77H126O6. The number of carbonyl (C=O) groups is 3. The minimum atomic E-state index is -0.801. The number of allylic oxidation sites excluding steroid dienone is 24. The lowest BCUT2D eigenvalue weighted by Crippen LogP contribution is -2.30. The Balaban J connectivity index is 4.38. The van der Waals surface area contributed by atoms with E-state index in [1.807, 2.05) is 0 Å². The van der Waals surface area contributed by atoms with E-state index < -0.39 is 6.10 Å². The maximum Gasteiger partial charge on any atom is 0.306 e. The first kappa shape index (κ1) is 78.3. The van der Waals surface area contributed by atoms with Crippen molar-refractivity contribution in [2.24, 2.45) is 0 Å². The lowest BCUT2D eigenvalue weighted by molar-refractivity contribution is -0.167. The normalized spacial score (nSPS) is 13.0. The third kappa shape index (κ3) is 68.0. The summed E-state index contributed by atoms with van der Waals surface area (Å²) in [6.45, 7) is 6.48. The van der Waals surface area contributed by atoms with E-state index in [0.29, 0.717) is 19.3 Å². The summed E-state index contributed by atoms with van der Waals surface area (Å²) < 4.78 is 16.9. The van der Waals surface area contributed by atoms with Crippen LogP contribution in [0.4, 0.5) is 0 Å². The van der Waals surface area contributed by atoms with Gasteiger partial charge in [-0.1, -0.05) is 282 Å². The molecule has 0 bridgehead atoms. The van der Waals surface area contributed by atoms with Gasteiger partial charge in [0.15, 0.2) is 6.10 Å². The molecule has 0 spiro atoms. The van der Waals surface area contributed by atoms with E-state index in [4.69, 9.17) is 14.2 Å². The van der Waals surface area contributed by atoms with Gasteiger partial charge in [-0.25, -0.2) is 0 Å². The largest absolute Gasteiger partial charge is 0.462 e. The molecule has 0 aromatic carbocycles. The van der Waals surface area contributed by atoms with Crippen molar-refractivity contribution in [3.63, 3.8) is 0 Å². The first-order valence-electron chi connectivity index (χ1n) is 34.3. The second kappa shape index (κ2) is 69.8. The highest BCUT2D eigenvalue weighted by molar-refractivity contribution is 5.71. The van der Waals surface area contributed by atoms with Crippen LogP contribution in [0.1, 0.15) is 303 Å². The summed E-state index contributed by atoms with van der Waals surface area (Å²) in [5.74, 6) is -0.927. The first-order chi connectivity index (χ1) is 41.0. The fraction of sp³-hybridized carbons (Fsp3) is 0.649. The molecule has 0 aliphatic rings. The average Bonchev–Trinajstić information content (AvgIpc) is 3.49. The van der Waals surface area contributed by atoms with Gasteiger partial charge in [-0.2, -0.15) is 0 Å². The quantitative estimate of drug-likeness (QED) is 0.0261. The van der Waals surface area contributed by atoms with Crippen molar-refractivity contribution >= 4 is 17.9 Å². The van der Waals surface area contributed by atoms with Crippen LogP contribution in [0.2, 0.25) is 0 Å². The van der Waals surface area contributed by atoms with Crippen LogP contribution < -0.4 is 0 Å². The van der Waals surface area contributed by atoms with Gasteiger partial charge in [0.1, 0.15) is 13.2 Å². The van der Waals surface area contributed by atoms with Gasteiger partial charge in [-0.05, 0) is 148 Å². The van der Waals surface area contributed by atoms with E-state index in [1.165, 1.54) is 109 Å². The van der Waals surface area contributed by atoms with Crippen LogP contribution >= 0.6 is 0 Å². The summed E-state index contributed by atoms with van der Waals surface area (Å²) >= 11 is 0. The zero-order chi connectivity index (χ0) is 59.9. The summed E-state index contributed by atoms with van der Waals surface area (Å²) in [6.07, 6.45) is 100.0. The van der Waals surface area contributed by atoms with Crippen molar-refractivity contribution in [1.82, 2.24) is 0 Å². The molecule has 0 heterocycles. The monoisotopic (exact) mass is 1150 g/mol. The van der Waals surface area contributed by atoms with Crippen molar-refractivity contribution in [3.8, 4) is 0 Å². The Bertz CT molecular complexity index is 1800. The summed E-state index contributed by atoms with van der Waals surface area (Å²) in [4.78, 5) is 38.4. The molecule has 0 saturated heterocycles. The van der Waals surface area contributed by atoms with Gasteiger partial charge in [0, 0.05) is 19.3 Å². The van der Waals surface area contributed by atoms with Gasteiger partial charge in [0.25, 0.3) is 0 Å². The molecule has 470 valence electrons. The molecule has 0 fully saturated rings. The van der Waals surface area contributed by atoms with E-state index >= 15 is 0 Å². The van der Waals surface area contributed by atoms with E-state index in [2.05, 4.69) is 167 Å². The van der Waals surface area contributed by atoms with E-state index in [1.54, 1.807) is 0 Å². The van der Waals surface area contributed by atoms with Gasteiger partial charge in [-0.15, -0.1) is 0 Å². The highest BCUT2D eigenvalue weighted by Crippen LogP contribution is 2.15. The molecule has 0 aliphatic heterocycles.